The van der Waals surface area contributed by atoms with Crippen LogP contribution in [0.15, 0.2) is 71.8 Å². The molecule has 0 aliphatic carbocycles. The standard InChI is InChI=1S/C26H25Cl2N3O4/c1-17(30-25(32)13-18-3-9-22(34-2)10-4-18)26(33)31-29-15-19-5-11-23(12-6-19)35-16-20-7-8-21(27)14-24(20)28/h3-12,14-15,17H,13,16H2,1-2H3,(H,30,32)(H,31,33). The third kappa shape index (κ3) is 8.31. The molecule has 1 unspecified atom stereocenters. The summed E-state index contributed by atoms with van der Waals surface area (Å²) in [5.74, 6) is 0.677. The summed E-state index contributed by atoms with van der Waals surface area (Å²) in [5, 5.41) is 7.73. The number of ether oxygens (including phenoxy) is 2. The molecule has 0 heterocycles. The molecule has 0 spiro atoms. The number of hydrogen-bond donors (Lipinski definition) is 2. The summed E-state index contributed by atoms with van der Waals surface area (Å²) in [6.07, 6.45) is 1.66. The van der Waals surface area contributed by atoms with Crippen molar-refractivity contribution >= 4 is 41.2 Å². The van der Waals surface area contributed by atoms with Gasteiger partial charge in [0.15, 0.2) is 0 Å². The van der Waals surface area contributed by atoms with Crippen LogP contribution in [0.4, 0.5) is 0 Å². The van der Waals surface area contributed by atoms with E-state index < -0.39 is 11.9 Å². The van der Waals surface area contributed by atoms with Crippen molar-refractivity contribution in [3.05, 3.63) is 93.5 Å². The number of benzene rings is 3. The SMILES string of the molecule is COc1ccc(CC(=O)NC(C)C(=O)NN=Cc2ccc(OCc3ccc(Cl)cc3Cl)cc2)cc1. The van der Waals surface area contributed by atoms with E-state index in [-0.39, 0.29) is 12.3 Å². The van der Waals surface area contributed by atoms with Gasteiger partial charge in [0.25, 0.3) is 5.91 Å². The van der Waals surface area contributed by atoms with Crippen molar-refractivity contribution in [3.8, 4) is 11.5 Å². The maximum absolute atomic E-state index is 12.2. The smallest absolute Gasteiger partial charge is 0.262 e. The summed E-state index contributed by atoms with van der Waals surface area (Å²) in [4.78, 5) is 24.4. The van der Waals surface area contributed by atoms with Crippen LogP contribution in [0.5, 0.6) is 11.5 Å². The highest BCUT2D eigenvalue weighted by Crippen LogP contribution is 2.22. The fourth-order valence-electron chi connectivity index (χ4n) is 3.00. The van der Waals surface area contributed by atoms with E-state index in [9.17, 15) is 9.59 Å². The predicted octanol–water partition coefficient (Wildman–Crippen LogP) is 4.78. The van der Waals surface area contributed by atoms with Crippen molar-refractivity contribution in [1.82, 2.24) is 10.7 Å². The molecule has 0 fully saturated rings. The number of amides is 2. The Labute approximate surface area is 214 Å². The summed E-state index contributed by atoms with van der Waals surface area (Å²) in [6, 6.07) is 18.8. The molecule has 3 aromatic rings. The van der Waals surface area contributed by atoms with E-state index in [0.29, 0.717) is 28.2 Å². The highest BCUT2D eigenvalue weighted by molar-refractivity contribution is 6.35. The maximum Gasteiger partial charge on any atom is 0.262 e. The average Bonchev–Trinajstić information content (AvgIpc) is 2.84. The van der Waals surface area contributed by atoms with Gasteiger partial charge in [-0.15, -0.1) is 0 Å². The summed E-state index contributed by atoms with van der Waals surface area (Å²) in [6.45, 7) is 1.90. The average molecular weight is 514 g/mol. The summed E-state index contributed by atoms with van der Waals surface area (Å²) in [5.41, 5.74) is 4.84. The Balaban J connectivity index is 1.42. The first kappa shape index (κ1) is 26.1. The molecule has 3 rings (SSSR count). The van der Waals surface area contributed by atoms with Gasteiger partial charge < -0.3 is 14.8 Å². The van der Waals surface area contributed by atoms with Gasteiger partial charge in [0.1, 0.15) is 24.1 Å². The molecule has 2 amide bonds. The number of halogens is 2. The molecule has 2 N–H and O–H groups in total. The van der Waals surface area contributed by atoms with Crippen molar-refractivity contribution in [1.29, 1.82) is 0 Å². The van der Waals surface area contributed by atoms with Gasteiger partial charge in [-0.3, -0.25) is 9.59 Å². The molecule has 0 aliphatic heterocycles. The van der Waals surface area contributed by atoms with Gasteiger partial charge in [0, 0.05) is 15.6 Å². The van der Waals surface area contributed by atoms with Crippen LogP contribution < -0.4 is 20.2 Å². The van der Waals surface area contributed by atoms with Crippen molar-refractivity contribution in [2.75, 3.05) is 7.11 Å². The topological polar surface area (TPSA) is 89.0 Å². The van der Waals surface area contributed by atoms with Gasteiger partial charge in [-0.1, -0.05) is 41.4 Å². The van der Waals surface area contributed by atoms with E-state index in [0.717, 1.165) is 16.7 Å². The zero-order valence-corrected chi connectivity index (χ0v) is 20.8. The summed E-state index contributed by atoms with van der Waals surface area (Å²) >= 11 is 12.1. The molecule has 9 heteroatoms. The highest BCUT2D eigenvalue weighted by atomic mass is 35.5. The quantitative estimate of drug-likeness (QED) is 0.301. The van der Waals surface area contributed by atoms with Gasteiger partial charge in [-0.2, -0.15) is 5.10 Å². The Morgan fingerprint density at radius 1 is 1.00 bits per heavy atom. The van der Waals surface area contributed by atoms with Crippen molar-refractivity contribution < 1.29 is 19.1 Å². The minimum absolute atomic E-state index is 0.156. The van der Waals surface area contributed by atoms with Crippen LogP contribution in [-0.4, -0.2) is 31.2 Å². The molecule has 0 radical (unpaired) electrons. The third-order valence-corrected chi connectivity index (χ3v) is 5.56. The van der Waals surface area contributed by atoms with Crippen LogP contribution in [-0.2, 0) is 22.6 Å². The van der Waals surface area contributed by atoms with Crippen LogP contribution in [0.25, 0.3) is 0 Å². The molecule has 182 valence electrons. The second-order valence-electron chi connectivity index (χ2n) is 7.64. The Morgan fingerprint density at radius 3 is 2.34 bits per heavy atom. The minimum atomic E-state index is -0.742. The number of carbonyl (C=O) groups is 2. The van der Waals surface area contributed by atoms with E-state index in [1.165, 1.54) is 6.21 Å². The number of nitrogens with zero attached hydrogens (tertiary/aromatic N) is 1. The van der Waals surface area contributed by atoms with Gasteiger partial charge in [-0.25, -0.2) is 5.43 Å². The minimum Gasteiger partial charge on any atom is -0.497 e. The second kappa shape index (κ2) is 12.8. The lowest BCUT2D eigenvalue weighted by atomic mass is 10.1. The van der Waals surface area contributed by atoms with Crippen molar-refractivity contribution in [2.45, 2.75) is 26.0 Å². The van der Waals surface area contributed by atoms with E-state index >= 15 is 0 Å². The molecule has 0 aliphatic rings. The van der Waals surface area contributed by atoms with Crippen LogP contribution in [0.2, 0.25) is 10.0 Å². The Morgan fingerprint density at radius 2 is 1.69 bits per heavy atom. The second-order valence-corrected chi connectivity index (χ2v) is 8.49. The number of rotatable bonds is 10. The number of nitrogens with one attached hydrogen (secondary N) is 2. The van der Waals surface area contributed by atoms with E-state index in [2.05, 4.69) is 15.8 Å². The van der Waals surface area contributed by atoms with Crippen LogP contribution in [0.1, 0.15) is 23.6 Å². The van der Waals surface area contributed by atoms with Crippen LogP contribution >= 0.6 is 23.2 Å². The number of hydrogen-bond acceptors (Lipinski definition) is 5. The molecular formula is C26H25Cl2N3O4. The number of methoxy groups -OCH3 is 1. The van der Waals surface area contributed by atoms with Gasteiger partial charge in [0.2, 0.25) is 5.91 Å². The lowest BCUT2D eigenvalue weighted by Gasteiger charge is -2.12. The molecule has 0 aromatic heterocycles. The zero-order valence-electron chi connectivity index (χ0n) is 19.3. The predicted molar refractivity (Wildman–Crippen MR) is 137 cm³/mol. The van der Waals surface area contributed by atoms with E-state index in [1.807, 2.05) is 6.07 Å². The molecular weight excluding hydrogens is 489 g/mol. The third-order valence-electron chi connectivity index (χ3n) is 4.97. The first-order chi connectivity index (χ1) is 16.8. The molecule has 3 aromatic carbocycles. The van der Waals surface area contributed by atoms with E-state index in [4.69, 9.17) is 32.7 Å². The first-order valence-corrected chi connectivity index (χ1v) is 11.5. The first-order valence-electron chi connectivity index (χ1n) is 10.8. The van der Waals surface area contributed by atoms with Crippen LogP contribution in [0.3, 0.4) is 0 Å². The molecule has 7 nitrogen and oxygen atoms in total. The van der Waals surface area contributed by atoms with Gasteiger partial charge >= 0.3 is 0 Å². The number of carbonyl (C=O) groups excluding carboxylic acids is 2. The molecule has 0 saturated heterocycles. The lowest BCUT2D eigenvalue weighted by molar-refractivity contribution is -0.128. The normalized spacial score (nSPS) is 11.7. The Bertz CT molecular complexity index is 1180. The van der Waals surface area contributed by atoms with Crippen LogP contribution in [0, 0.1) is 0 Å². The maximum atomic E-state index is 12.2. The monoisotopic (exact) mass is 513 g/mol. The largest absolute Gasteiger partial charge is 0.497 e. The Hall–Kier alpha value is -3.55. The molecule has 1 atom stereocenters. The van der Waals surface area contributed by atoms with Gasteiger partial charge in [-0.05, 0) is 66.6 Å². The van der Waals surface area contributed by atoms with Crippen molar-refractivity contribution in [3.63, 3.8) is 0 Å². The molecule has 0 bridgehead atoms. The lowest BCUT2D eigenvalue weighted by Crippen LogP contribution is -2.43. The molecule has 35 heavy (non-hydrogen) atoms. The summed E-state index contributed by atoms with van der Waals surface area (Å²) < 4.78 is 10.8. The highest BCUT2D eigenvalue weighted by Gasteiger charge is 2.15. The van der Waals surface area contributed by atoms with Gasteiger partial charge in [0.05, 0.1) is 19.7 Å². The fraction of sp³-hybridized carbons (Fsp3) is 0.192. The Kier molecular flexibility index (Phi) is 9.52. The molecule has 0 saturated carbocycles. The fourth-order valence-corrected chi connectivity index (χ4v) is 3.47. The van der Waals surface area contributed by atoms with Crippen molar-refractivity contribution in [2.24, 2.45) is 5.10 Å². The zero-order chi connectivity index (χ0) is 25.2. The van der Waals surface area contributed by atoms with E-state index in [1.54, 1.807) is 74.7 Å². The number of hydrazone groups is 1. The summed E-state index contributed by atoms with van der Waals surface area (Å²) in [7, 11) is 1.58.